The minimum absolute atomic E-state index is 0.127. The van der Waals surface area contributed by atoms with E-state index in [1.54, 1.807) is 48.5 Å². The van der Waals surface area contributed by atoms with Gasteiger partial charge in [-0.25, -0.2) is 9.97 Å². The van der Waals surface area contributed by atoms with Crippen molar-refractivity contribution in [1.82, 2.24) is 19.9 Å². The van der Waals surface area contributed by atoms with Crippen LogP contribution in [0.4, 0.5) is 11.4 Å². The van der Waals surface area contributed by atoms with E-state index < -0.39 is 0 Å². The van der Waals surface area contributed by atoms with Crippen molar-refractivity contribution in [2.75, 3.05) is 22.1 Å². The zero-order valence-electron chi connectivity index (χ0n) is 25.3. The summed E-state index contributed by atoms with van der Waals surface area (Å²) in [6, 6.07) is 37.1. The highest BCUT2D eigenvalue weighted by Crippen LogP contribution is 2.29. The van der Waals surface area contributed by atoms with E-state index in [0.717, 1.165) is 22.1 Å². The monoisotopic (exact) mass is 672 g/mol. The molecule has 7 aromatic rings. The van der Waals surface area contributed by atoms with Crippen molar-refractivity contribution in [2.45, 2.75) is 10.3 Å². The number of nitrogens with one attached hydrogen (secondary N) is 4. The molecule has 0 saturated heterocycles. The Kier molecular flexibility index (Phi) is 9.25. The topological polar surface area (TPSA) is 134 Å². The number of carbonyl (C=O) groups is 2. The highest BCUT2D eigenvalue weighted by atomic mass is 32.2. The van der Waals surface area contributed by atoms with Crippen molar-refractivity contribution in [2.24, 2.45) is 0 Å². The lowest BCUT2D eigenvalue weighted by Gasteiger charge is -2.10. The fourth-order valence-electron chi connectivity index (χ4n) is 4.72. The van der Waals surface area contributed by atoms with Gasteiger partial charge in [-0.2, -0.15) is 0 Å². The van der Waals surface area contributed by atoms with Gasteiger partial charge >= 0.3 is 0 Å². The first-order chi connectivity index (χ1) is 23.5. The number of benzene rings is 5. The fraction of sp³-hybridized carbons (Fsp3) is 0.0556. The number of ether oxygens (including phenoxy) is 2. The lowest BCUT2D eigenvalue weighted by atomic mass is 10.3. The number of aromatic nitrogens is 4. The molecule has 0 bridgehead atoms. The molecule has 0 atom stereocenters. The number of fused-ring (bicyclic) bond motifs is 2. The third kappa shape index (κ3) is 7.97. The van der Waals surface area contributed by atoms with Gasteiger partial charge in [-0.1, -0.05) is 47.8 Å². The molecule has 0 aliphatic carbocycles. The maximum absolute atomic E-state index is 12.5. The number of carbonyl (C=O) groups excluding carboxylic acids is 2. The number of amides is 2. The second-order valence-electron chi connectivity index (χ2n) is 10.5. The van der Waals surface area contributed by atoms with Gasteiger partial charge in [0.05, 0.1) is 33.6 Å². The number of rotatable bonds is 12. The number of hydrogen-bond donors (Lipinski definition) is 4. The molecule has 0 aliphatic rings. The number of imidazole rings is 2. The van der Waals surface area contributed by atoms with E-state index in [-0.39, 0.29) is 23.3 Å². The quantitative estimate of drug-likeness (QED) is 0.0950. The van der Waals surface area contributed by atoms with E-state index in [1.165, 1.54) is 23.5 Å². The van der Waals surface area contributed by atoms with Crippen molar-refractivity contribution >= 4 is 68.8 Å². The van der Waals surface area contributed by atoms with E-state index in [0.29, 0.717) is 44.7 Å². The highest BCUT2D eigenvalue weighted by Gasteiger charge is 2.10. The minimum Gasteiger partial charge on any atom is -0.457 e. The van der Waals surface area contributed by atoms with Crippen molar-refractivity contribution in [3.05, 3.63) is 121 Å². The summed E-state index contributed by atoms with van der Waals surface area (Å²) in [4.78, 5) is 40.3. The maximum Gasteiger partial charge on any atom is 0.234 e. The number of nitrogens with zero attached hydrogens (tertiary/aromatic N) is 2. The molecule has 5 aromatic carbocycles. The van der Waals surface area contributed by atoms with Crippen LogP contribution in [0.3, 0.4) is 0 Å². The van der Waals surface area contributed by atoms with Gasteiger partial charge in [0.2, 0.25) is 11.8 Å². The Hall–Kier alpha value is -5.72. The van der Waals surface area contributed by atoms with Crippen LogP contribution in [0.2, 0.25) is 0 Å². The van der Waals surface area contributed by atoms with Crippen molar-refractivity contribution < 1.29 is 19.1 Å². The number of anilines is 2. The molecular weight excluding hydrogens is 645 g/mol. The van der Waals surface area contributed by atoms with Gasteiger partial charge < -0.3 is 30.1 Å². The maximum atomic E-state index is 12.5. The molecule has 12 heteroatoms. The zero-order valence-corrected chi connectivity index (χ0v) is 26.9. The highest BCUT2D eigenvalue weighted by molar-refractivity contribution is 8.00. The Morgan fingerprint density at radius 3 is 1.25 bits per heavy atom. The van der Waals surface area contributed by atoms with Gasteiger partial charge in [-0.3, -0.25) is 9.59 Å². The summed E-state index contributed by atoms with van der Waals surface area (Å²) in [6.45, 7) is 0. The number of aromatic amines is 2. The van der Waals surface area contributed by atoms with Crippen molar-refractivity contribution in [3.63, 3.8) is 0 Å². The molecule has 0 spiro atoms. The van der Waals surface area contributed by atoms with Gasteiger partial charge in [0.1, 0.15) is 23.0 Å². The molecule has 0 saturated carbocycles. The van der Waals surface area contributed by atoms with Crippen LogP contribution in [0.5, 0.6) is 23.0 Å². The summed E-state index contributed by atoms with van der Waals surface area (Å²) in [5.74, 6) is 2.75. The van der Waals surface area contributed by atoms with Gasteiger partial charge in [-0.05, 0) is 97.1 Å². The molecule has 7 rings (SSSR count). The largest absolute Gasteiger partial charge is 0.457 e. The van der Waals surface area contributed by atoms with Crippen LogP contribution in [0.25, 0.3) is 22.1 Å². The van der Waals surface area contributed by atoms with Crippen LogP contribution in [0.1, 0.15) is 0 Å². The predicted molar refractivity (Wildman–Crippen MR) is 190 cm³/mol. The summed E-state index contributed by atoms with van der Waals surface area (Å²) in [5, 5.41) is 7.21. The van der Waals surface area contributed by atoms with Crippen LogP contribution < -0.4 is 20.1 Å². The SMILES string of the molecule is O=C(CSc1nc2ccccc2[nH]1)Nc1ccc(Oc2ccc(Oc3ccc(NC(=O)CSc4nc5ccccc5[nH]4)cc3)cc2)cc1. The Labute approximate surface area is 283 Å². The van der Waals surface area contributed by atoms with Crippen LogP contribution in [0.15, 0.2) is 132 Å². The summed E-state index contributed by atoms with van der Waals surface area (Å²) in [7, 11) is 0. The van der Waals surface area contributed by atoms with Gasteiger partial charge in [-0.15, -0.1) is 0 Å². The summed E-state index contributed by atoms with van der Waals surface area (Å²) in [5.41, 5.74) is 4.98. The van der Waals surface area contributed by atoms with E-state index >= 15 is 0 Å². The zero-order chi connectivity index (χ0) is 32.7. The molecule has 0 unspecified atom stereocenters. The first-order valence-electron chi connectivity index (χ1n) is 14.9. The molecule has 0 aliphatic heterocycles. The number of para-hydroxylation sites is 4. The van der Waals surface area contributed by atoms with Crippen LogP contribution in [0, 0.1) is 0 Å². The fourth-order valence-corrected chi connectivity index (χ4v) is 6.09. The smallest absolute Gasteiger partial charge is 0.234 e. The molecule has 2 heterocycles. The first kappa shape index (κ1) is 30.9. The van der Waals surface area contributed by atoms with Crippen LogP contribution in [-0.4, -0.2) is 43.3 Å². The summed E-state index contributed by atoms with van der Waals surface area (Å²) >= 11 is 2.70. The Balaban J connectivity index is 0.844. The minimum atomic E-state index is -0.127. The van der Waals surface area contributed by atoms with E-state index in [1.807, 2.05) is 72.8 Å². The number of hydrogen-bond acceptors (Lipinski definition) is 8. The Bertz CT molecular complexity index is 1960. The predicted octanol–water partition coefficient (Wildman–Crippen LogP) is 8.49. The van der Waals surface area contributed by atoms with Crippen LogP contribution >= 0.6 is 23.5 Å². The lowest BCUT2D eigenvalue weighted by molar-refractivity contribution is -0.114. The van der Waals surface area contributed by atoms with E-state index in [2.05, 4.69) is 30.6 Å². The second-order valence-corrected chi connectivity index (χ2v) is 12.4. The Morgan fingerprint density at radius 1 is 0.521 bits per heavy atom. The van der Waals surface area contributed by atoms with Gasteiger partial charge in [0.15, 0.2) is 10.3 Å². The molecule has 2 amide bonds. The second kappa shape index (κ2) is 14.4. The van der Waals surface area contributed by atoms with Gasteiger partial charge in [0.25, 0.3) is 0 Å². The molecule has 238 valence electrons. The molecular formula is C36H28N6O4S2. The average Bonchev–Trinajstić information content (AvgIpc) is 3.73. The molecule has 10 nitrogen and oxygen atoms in total. The number of thioether (sulfide) groups is 2. The van der Waals surface area contributed by atoms with Crippen LogP contribution in [-0.2, 0) is 9.59 Å². The van der Waals surface area contributed by atoms with E-state index in [4.69, 9.17) is 9.47 Å². The third-order valence-corrected chi connectivity index (χ3v) is 8.73. The molecule has 4 N–H and O–H groups in total. The molecule has 0 radical (unpaired) electrons. The lowest BCUT2D eigenvalue weighted by Crippen LogP contribution is -2.14. The van der Waals surface area contributed by atoms with Gasteiger partial charge in [0, 0.05) is 11.4 Å². The Morgan fingerprint density at radius 2 is 0.875 bits per heavy atom. The molecule has 2 aromatic heterocycles. The molecule has 48 heavy (non-hydrogen) atoms. The summed E-state index contributed by atoms with van der Waals surface area (Å²) < 4.78 is 11.9. The first-order valence-corrected chi connectivity index (χ1v) is 16.9. The third-order valence-electron chi connectivity index (χ3n) is 6.99. The van der Waals surface area contributed by atoms with Crippen molar-refractivity contribution in [3.8, 4) is 23.0 Å². The molecule has 0 fully saturated rings. The van der Waals surface area contributed by atoms with Crippen molar-refractivity contribution in [1.29, 1.82) is 0 Å². The average molecular weight is 673 g/mol. The van der Waals surface area contributed by atoms with E-state index in [9.17, 15) is 9.59 Å². The standard InChI is InChI=1S/C36H28N6O4S2/c43-33(21-47-35-39-29-5-1-2-6-30(29)40-35)37-23-9-13-25(14-10-23)45-27-17-19-28(20-18-27)46-26-15-11-24(12-16-26)38-34(44)22-48-36-41-31-7-3-4-8-32(31)42-36/h1-20H,21-22H2,(H,37,43)(H,38,44)(H,39,40)(H,41,42). The summed E-state index contributed by atoms with van der Waals surface area (Å²) in [6.07, 6.45) is 0. The normalized spacial score (nSPS) is 11.0. The number of H-pyrrole nitrogens is 2.